The molecule has 3 saturated carbocycles. The Balaban J connectivity index is 0.992. The van der Waals surface area contributed by atoms with Crippen molar-refractivity contribution < 1.29 is 33.2 Å². The lowest BCUT2D eigenvalue weighted by molar-refractivity contribution is -0.369. The zero-order valence-corrected chi connectivity index (χ0v) is 35.2. The molecule has 2 heterocycles. The van der Waals surface area contributed by atoms with Gasteiger partial charge >= 0.3 is 5.97 Å². The van der Waals surface area contributed by atoms with E-state index < -0.39 is 43.0 Å². The molecule has 7 nitrogen and oxygen atoms in total. The van der Waals surface area contributed by atoms with Gasteiger partial charge in [0.1, 0.15) is 18.3 Å². The van der Waals surface area contributed by atoms with Gasteiger partial charge in [-0.25, -0.2) is 4.79 Å². The number of allylic oxidation sites excluding steroid dienone is 1. The molecular formula is C50H68O7. The molecule has 0 amide bonds. The van der Waals surface area contributed by atoms with E-state index in [1.54, 1.807) is 23.8 Å². The third kappa shape index (κ3) is 8.22. The lowest BCUT2D eigenvalue weighted by Crippen LogP contribution is -2.64. The minimum atomic E-state index is -0.870. The highest BCUT2D eigenvalue weighted by Gasteiger charge is 2.60. The molecule has 0 radical (unpaired) electrons. The minimum Gasteiger partial charge on any atom is -0.450 e. The maximum atomic E-state index is 13.7. The van der Waals surface area contributed by atoms with Crippen molar-refractivity contribution in [1.29, 1.82) is 0 Å². The number of hydrogen-bond acceptors (Lipinski definition) is 7. The van der Waals surface area contributed by atoms with Crippen LogP contribution in [0.3, 0.4) is 0 Å². The fraction of sp³-hybridized carbons (Fsp3) is 0.660. The highest BCUT2D eigenvalue weighted by Crippen LogP contribution is 2.67. The number of hydrogen-bond donors (Lipinski definition) is 0. The van der Waals surface area contributed by atoms with Gasteiger partial charge in [0.15, 0.2) is 18.7 Å². The molecule has 2 saturated heterocycles. The molecule has 14 atom stereocenters. The number of rotatable bonds is 13. The first-order valence-corrected chi connectivity index (χ1v) is 22.4. The molecule has 0 N–H and O–H groups in total. The molecule has 2 aliphatic heterocycles. The molecule has 0 aromatic heterocycles. The van der Waals surface area contributed by atoms with Gasteiger partial charge in [-0.2, -0.15) is 0 Å². The zero-order valence-electron chi connectivity index (χ0n) is 35.2. The number of ether oxygens (including phenoxy) is 6. The Morgan fingerprint density at radius 3 is 2.44 bits per heavy atom. The second-order valence-corrected chi connectivity index (χ2v) is 19.3. The smallest absolute Gasteiger partial charge is 0.338 e. The molecule has 57 heavy (non-hydrogen) atoms. The summed E-state index contributed by atoms with van der Waals surface area (Å²) in [6, 6.07) is 19.0. The third-order valence-electron chi connectivity index (χ3n) is 15.6. The van der Waals surface area contributed by atoms with Crippen LogP contribution in [0.2, 0.25) is 0 Å². The molecule has 5 fully saturated rings. The molecule has 0 spiro atoms. The molecule has 1 unspecified atom stereocenters. The van der Waals surface area contributed by atoms with Gasteiger partial charge in [-0.05, 0) is 110 Å². The Labute approximate surface area is 342 Å². The normalized spacial score (nSPS) is 39.2. The van der Waals surface area contributed by atoms with E-state index in [0.717, 1.165) is 60.3 Å². The summed E-state index contributed by atoms with van der Waals surface area (Å²) in [5, 5.41) is 0. The van der Waals surface area contributed by atoms with Gasteiger partial charge in [0.2, 0.25) is 0 Å². The Bertz CT molecular complexity index is 1690. The summed E-state index contributed by atoms with van der Waals surface area (Å²) in [5.41, 5.74) is 3.59. The van der Waals surface area contributed by atoms with Crippen LogP contribution in [-0.4, -0.2) is 56.0 Å². The van der Waals surface area contributed by atoms with Gasteiger partial charge < -0.3 is 28.4 Å². The predicted octanol–water partition coefficient (Wildman–Crippen LogP) is 11.0. The maximum absolute atomic E-state index is 13.7. The van der Waals surface area contributed by atoms with Gasteiger partial charge in [0.25, 0.3) is 0 Å². The molecule has 4 aliphatic carbocycles. The van der Waals surface area contributed by atoms with E-state index in [2.05, 4.69) is 47.3 Å². The molecule has 310 valence electrons. The Morgan fingerprint density at radius 1 is 0.912 bits per heavy atom. The Hall–Kier alpha value is -2.81. The van der Waals surface area contributed by atoms with Crippen LogP contribution in [0.4, 0.5) is 0 Å². The van der Waals surface area contributed by atoms with Gasteiger partial charge in [-0.1, -0.05) is 120 Å². The molecule has 6 aliphatic rings. The van der Waals surface area contributed by atoms with Crippen molar-refractivity contribution in [1.82, 2.24) is 0 Å². The zero-order chi connectivity index (χ0) is 39.7. The summed E-state index contributed by atoms with van der Waals surface area (Å²) in [6.45, 7) is 17.0. The fourth-order valence-corrected chi connectivity index (χ4v) is 12.7. The quantitative estimate of drug-likeness (QED) is 0.148. The summed E-state index contributed by atoms with van der Waals surface area (Å²) in [5.74, 6) is 4.36. The van der Waals surface area contributed by atoms with E-state index in [9.17, 15) is 4.79 Å². The lowest BCUT2D eigenvalue weighted by atomic mass is 9.47. The molecular weight excluding hydrogens is 713 g/mol. The number of carbonyl (C=O) groups is 1. The van der Waals surface area contributed by atoms with Crippen molar-refractivity contribution in [2.45, 2.75) is 148 Å². The van der Waals surface area contributed by atoms with Crippen LogP contribution in [0.15, 0.2) is 85.0 Å². The third-order valence-corrected chi connectivity index (χ3v) is 15.6. The average molecular weight is 781 g/mol. The van der Waals surface area contributed by atoms with Crippen molar-refractivity contribution in [3.05, 3.63) is 96.1 Å². The van der Waals surface area contributed by atoms with E-state index in [0.29, 0.717) is 17.6 Å². The van der Waals surface area contributed by atoms with Gasteiger partial charge in [0, 0.05) is 5.56 Å². The van der Waals surface area contributed by atoms with Crippen LogP contribution in [0.1, 0.15) is 127 Å². The second-order valence-electron chi connectivity index (χ2n) is 19.3. The van der Waals surface area contributed by atoms with Crippen LogP contribution in [-0.2, 0) is 28.4 Å². The molecule has 7 heteroatoms. The van der Waals surface area contributed by atoms with E-state index in [1.807, 2.05) is 48.5 Å². The summed E-state index contributed by atoms with van der Waals surface area (Å²) in [4.78, 5) is 13.7. The average Bonchev–Trinajstić information content (AvgIpc) is 3.58. The van der Waals surface area contributed by atoms with E-state index in [-0.39, 0.29) is 18.1 Å². The first kappa shape index (κ1) is 40.9. The topological polar surface area (TPSA) is 72.5 Å². The molecule has 2 aromatic rings. The van der Waals surface area contributed by atoms with Crippen LogP contribution in [0, 0.1) is 46.3 Å². The highest BCUT2D eigenvalue weighted by atomic mass is 16.8. The Kier molecular flexibility index (Phi) is 12.5. The van der Waals surface area contributed by atoms with Crippen molar-refractivity contribution in [2.75, 3.05) is 13.2 Å². The number of benzene rings is 2. The van der Waals surface area contributed by atoms with Crippen LogP contribution in [0.5, 0.6) is 0 Å². The van der Waals surface area contributed by atoms with Gasteiger partial charge in [-0.15, -0.1) is 6.58 Å². The van der Waals surface area contributed by atoms with E-state index >= 15 is 0 Å². The molecule has 0 bridgehead atoms. The number of esters is 1. The van der Waals surface area contributed by atoms with E-state index in [1.165, 1.54) is 51.4 Å². The van der Waals surface area contributed by atoms with E-state index in [4.69, 9.17) is 28.4 Å². The van der Waals surface area contributed by atoms with Crippen molar-refractivity contribution in [3.63, 3.8) is 0 Å². The summed E-state index contributed by atoms with van der Waals surface area (Å²) >= 11 is 0. The highest BCUT2D eigenvalue weighted by molar-refractivity contribution is 5.89. The van der Waals surface area contributed by atoms with Crippen molar-refractivity contribution in [2.24, 2.45) is 46.3 Å². The lowest BCUT2D eigenvalue weighted by Gasteiger charge is -2.58. The fourth-order valence-electron chi connectivity index (χ4n) is 12.7. The van der Waals surface area contributed by atoms with Crippen molar-refractivity contribution in [3.8, 4) is 0 Å². The molecule has 8 rings (SSSR count). The predicted molar refractivity (Wildman–Crippen MR) is 222 cm³/mol. The SMILES string of the molecule is C=CCO[C@H]1[C@H]2OC(c3ccccc3)OC[C@H]2O[C@@H](O[C@H]2CC[C@@]3(C)C(=CC[C@H]4[C@@H]5CC[C@H]([C@H](C)CCCC(C)C)[C@@]5(C)CC[C@@H]43)C2)[C@@H]1OC(=O)c1ccccc1. The van der Waals surface area contributed by atoms with Gasteiger partial charge in [0.05, 0.1) is 24.9 Å². The van der Waals surface area contributed by atoms with Gasteiger partial charge in [-0.3, -0.25) is 0 Å². The molecule has 2 aromatic carbocycles. The Morgan fingerprint density at radius 2 is 1.68 bits per heavy atom. The number of fused-ring (bicyclic) bond motifs is 6. The maximum Gasteiger partial charge on any atom is 0.338 e. The summed E-state index contributed by atoms with van der Waals surface area (Å²) in [7, 11) is 0. The monoisotopic (exact) mass is 780 g/mol. The largest absolute Gasteiger partial charge is 0.450 e. The first-order valence-electron chi connectivity index (χ1n) is 22.4. The summed E-state index contributed by atoms with van der Waals surface area (Å²) in [6.07, 6.45) is 14.0. The minimum absolute atomic E-state index is 0.0701. The van der Waals surface area contributed by atoms with Crippen LogP contribution < -0.4 is 0 Å². The second kappa shape index (κ2) is 17.4. The first-order chi connectivity index (χ1) is 27.6. The van der Waals surface area contributed by atoms with Crippen molar-refractivity contribution >= 4 is 5.97 Å². The van der Waals surface area contributed by atoms with Crippen LogP contribution >= 0.6 is 0 Å². The van der Waals surface area contributed by atoms with Crippen LogP contribution in [0.25, 0.3) is 0 Å². The number of carbonyl (C=O) groups excluding carboxylic acids is 1. The summed E-state index contributed by atoms with van der Waals surface area (Å²) < 4.78 is 39.4. The standard InChI is InChI=1S/C50H68O7/c1-7-29-52-44-43-42(31-53-47(57-43)35-19-12-9-13-20-35)55-48(45(44)56-46(51)34-17-10-8-11-18-34)54-37-25-27-49(5)36(30-37)21-22-38-40-24-23-39(33(4)16-14-15-32(2)3)50(40,6)28-26-41(38)49/h7-13,17-21,32-33,37-45,47-48H,1,14-16,22-31H2,2-6H3/t33-,37+,38+,39-,40+,41+,42-,43+,44+,45-,47?,48-,49+,50-/m1/s1.